The second kappa shape index (κ2) is 7.68. The Morgan fingerprint density at radius 3 is 2.83 bits per heavy atom. The summed E-state index contributed by atoms with van der Waals surface area (Å²) in [5.74, 6) is -0.308. The number of urea groups is 1. The second-order valence-corrected chi connectivity index (χ2v) is 6.85. The number of rotatable bonds is 4. The first-order valence-corrected chi connectivity index (χ1v) is 8.50. The number of likely N-dealkylation sites (tertiary alicyclic amines) is 1. The molecule has 1 aromatic carbocycles. The van der Waals surface area contributed by atoms with Crippen LogP contribution in [-0.2, 0) is 9.53 Å². The lowest BCUT2D eigenvalue weighted by Crippen LogP contribution is -2.45. The second-order valence-electron chi connectivity index (χ2n) is 5.62. The maximum absolute atomic E-state index is 13.3. The van der Waals surface area contributed by atoms with Crippen molar-refractivity contribution in [2.75, 3.05) is 12.5 Å². The summed E-state index contributed by atoms with van der Waals surface area (Å²) in [7, 11) is 0. The van der Waals surface area contributed by atoms with Gasteiger partial charge in [-0.05, 0) is 43.0 Å². The average Bonchev–Trinajstić information content (AvgIpc) is 2.46. The zero-order valence-corrected chi connectivity index (χ0v) is 14.1. The van der Waals surface area contributed by atoms with Crippen LogP contribution in [0.1, 0.15) is 36.9 Å². The molecule has 0 bridgehead atoms. The summed E-state index contributed by atoms with van der Waals surface area (Å²) in [5.41, 5.74) is 7.20. The molecule has 1 aliphatic rings. The third-order valence-electron chi connectivity index (χ3n) is 3.99. The smallest absolute Gasteiger partial charge is 0.315 e. The van der Waals surface area contributed by atoms with Crippen molar-refractivity contribution >= 4 is 23.8 Å². The van der Waals surface area contributed by atoms with Crippen molar-refractivity contribution in [3.8, 4) is 0 Å². The molecule has 5 nitrogen and oxygen atoms in total. The number of nitrogens with two attached hydrogens (primary N) is 1. The van der Waals surface area contributed by atoms with Gasteiger partial charge in [0.05, 0.1) is 6.04 Å². The average molecular weight is 340 g/mol. The van der Waals surface area contributed by atoms with Crippen LogP contribution in [0, 0.1) is 12.7 Å². The topological polar surface area (TPSA) is 72.6 Å². The summed E-state index contributed by atoms with van der Waals surface area (Å²) >= 11 is 1.55. The molecule has 23 heavy (non-hydrogen) atoms. The SMILES string of the molecule is CC(=O)OCSC1CCN(C(N)=O)C(c2ccc(F)cc2C)C1. The largest absolute Gasteiger partial charge is 0.455 e. The Labute approximate surface area is 139 Å². The number of thioether (sulfide) groups is 1. The fraction of sp³-hybridized carbons (Fsp3) is 0.500. The van der Waals surface area contributed by atoms with Gasteiger partial charge in [0.15, 0.2) is 0 Å². The van der Waals surface area contributed by atoms with Crippen LogP contribution in [0.4, 0.5) is 9.18 Å². The molecule has 1 fully saturated rings. The molecular weight excluding hydrogens is 319 g/mol. The van der Waals surface area contributed by atoms with Gasteiger partial charge in [0, 0.05) is 18.7 Å². The van der Waals surface area contributed by atoms with E-state index in [1.54, 1.807) is 22.7 Å². The Morgan fingerprint density at radius 2 is 2.22 bits per heavy atom. The van der Waals surface area contributed by atoms with Crippen LogP contribution in [0.15, 0.2) is 18.2 Å². The van der Waals surface area contributed by atoms with E-state index < -0.39 is 6.03 Å². The number of esters is 1. The van der Waals surface area contributed by atoms with E-state index in [0.717, 1.165) is 17.5 Å². The van der Waals surface area contributed by atoms with Gasteiger partial charge in [-0.3, -0.25) is 4.79 Å². The summed E-state index contributed by atoms with van der Waals surface area (Å²) in [6.07, 6.45) is 1.48. The standard InChI is InChI=1S/C16H21FN2O3S/c1-10-7-12(17)3-4-14(10)15-8-13(23-9-22-11(2)20)5-6-19(15)16(18)21/h3-4,7,13,15H,5-6,8-9H2,1-2H3,(H2,18,21). The summed E-state index contributed by atoms with van der Waals surface area (Å²) in [6.45, 7) is 3.74. The maximum Gasteiger partial charge on any atom is 0.315 e. The zero-order chi connectivity index (χ0) is 17.0. The monoisotopic (exact) mass is 340 g/mol. The van der Waals surface area contributed by atoms with Crippen molar-refractivity contribution in [1.29, 1.82) is 0 Å². The van der Waals surface area contributed by atoms with Crippen molar-refractivity contribution in [2.45, 2.75) is 38.0 Å². The molecule has 1 saturated heterocycles. The molecule has 126 valence electrons. The zero-order valence-electron chi connectivity index (χ0n) is 13.3. The van der Waals surface area contributed by atoms with Crippen LogP contribution in [0.25, 0.3) is 0 Å². The van der Waals surface area contributed by atoms with Crippen molar-refractivity contribution in [3.63, 3.8) is 0 Å². The Bertz CT molecular complexity index is 595. The highest BCUT2D eigenvalue weighted by molar-refractivity contribution is 7.99. The normalized spacial score (nSPS) is 21.1. The van der Waals surface area contributed by atoms with Gasteiger partial charge in [-0.2, -0.15) is 0 Å². The van der Waals surface area contributed by atoms with E-state index in [-0.39, 0.29) is 23.1 Å². The highest BCUT2D eigenvalue weighted by Crippen LogP contribution is 2.37. The van der Waals surface area contributed by atoms with Crippen molar-refractivity contribution in [2.24, 2.45) is 5.73 Å². The number of nitrogens with zero attached hydrogens (tertiary/aromatic N) is 1. The Balaban J connectivity index is 2.13. The predicted octanol–water partition coefficient (Wildman–Crippen LogP) is 2.97. The third-order valence-corrected chi connectivity index (χ3v) is 5.15. The lowest BCUT2D eigenvalue weighted by molar-refractivity contribution is -0.138. The summed E-state index contributed by atoms with van der Waals surface area (Å²) in [4.78, 5) is 24.2. The van der Waals surface area contributed by atoms with Gasteiger partial charge in [0.25, 0.3) is 0 Å². The van der Waals surface area contributed by atoms with E-state index in [1.807, 2.05) is 6.92 Å². The van der Waals surface area contributed by atoms with E-state index in [4.69, 9.17) is 10.5 Å². The molecule has 1 heterocycles. The first-order valence-electron chi connectivity index (χ1n) is 7.45. The van der Waals surface area contributed by atoms with Gasteiger partial charge in [-0.15, -0.1) is 11.8 Å². The highest BCUT2D eigenvalue weighted by Gasteiger charge is 2.32. The van der Waals surface area contributed by atoms with Crippen LogP contribution < -0.4 is 5.73 Å². The number of carbonyl (C=O) groups is 2. The van der Waals surface area contributed by atoms with Crippen LogP contribution in [0.3, 0.4) is 0 Å². The number of ether oxygens (including phenoxy) is 1. The number of primary amides is 1. The lowest BCUT2D eigenvalue weighted by Gasteiger charge is -2.39. The van der Waals surface area contributed by atoms with Gasteiger partial charge in [0.2, 0.25) is 0 Å². The van der Waals surface area contributed by atoms with Crippen molar-refractivity contribution in [3.05, 3.63) is 35.1 Å². The molecule has 0 aromatic heterocycles. The molecule has 2 rings (SSSR count). The van der Waals surface area contributed by atoms with E-state index in [2.05, 4.69) is 0 Å². The van der Waals surface area contributed by atoms with E-state index >= 15 is 0 Å². The molecule has 0 spiro atoms. The van der Waals surface area contributed by atoms with Crippen molar-refractivity contribution < 1.29 is 18.7 Å². The van der Waals surface area contributed by atoms with Gasteiger partial charge in [-0.25, -0.2) is 9.18 Å². The number of halogens is 1. The number of benzene rings is 1. The number of piperidine rings is 1. The minimum absolute atomic E-state index is 0.184. The van der Waals surface area contributed by atoms with Crippen LogP contribution in [0.5, 0.6) is 0 Å². The van der Waals surface area contributed by atoms with Crippen LogP contribution >= 0.6 is 11.8 Å². The van der Waals surface area contributed by atoms with Gasteiger partial charge < -0.3 is 15.4 Å². The van der Waals surface area contributed by atoms with E-state index in [1.165, 1.54) is 19.1 Å². The molecule has 0 saturated carbocycles. The molecular formula is C16H21FN2O3S. The molecule has 2 atom stereocenters. The maximum atomic E-state index is 13.3. The van der Waals surface area contributed by atoms with Gasteiger partial charge >= 0.3 is 12.0 Å². The molecule has 1 aliphatic heterocycles. The third kappa shape index (κ3) is 4.60. The van der Waals surface area contributed by atoms with Gasteiger partial charge in [0.1, 0.15) is 11.8 Å². The first kappa shape index (κ1) is 17.6. The number of carbonyl (C=O) groups excluding carboxylic acids is 2. The van der Waals surface area contributed by atoms with Crippen LogP contribution in [-0.4, -0.2) is 34.6 Å². The predicted molar refractivity (Wildman–Crippen MR) is 87.4 cm³/mol. The highest BCUT2D eigenvalue weighted by atomic mass is 32.2. The molecule has 2 amide bonds. The molecule has 7 heteroatoms. The Kier molecular flexibility index (Phi) is 5.87. The van der Waals surface area contributed by atoms with E-state index in [9.17, 15) is 14.0 Å². The molecule has 0 radical (unpaired) electrons. The summed E-state index contributed by atoms with van der Waals surface area (Å²) < 4.78 is 18.3. The minimum atomic E-state index is -0.470. The van der Waals surface area contributed by atoms with Crippen LogP contribution in [0.2, 0.25) is 0 Å². The quantitative estimate of drug-likeness (QED) is 0.675. The number of hydrogen-bond donors (Lipinski definition) is 1. The summed E-state index contributed by atoms with van der Waals surface area (Å²) in [6, 6.07) is 3.92. The lowest BCUT2D eigenvalue weighted by atomic mass is 9.92. The molecule has 2 unspecified atom stereocenters. The number of amides is 2. The fourth-order valence-electron chi connectivity index (χ4n) is 2.87. The fourth-order valence-corrected chi connectivity index (χ4v) is 3.89. The number of hydrogen-bond acceptors (Lipinski definition) is 4. The first-order chi connectivity index (χ1) is 10.9. The van der Waals surface area contributed by atoms with Gasteiger partial charge in [-0.1, -0.05) is 6.07 Å². The van der Waals surface area contributed by atoms with E-state index in [0.29, 0.717) is 18.9 Å². The molecule has 1 aromatic rings. The minimum Gasteiger partial charge on any atom is -0.455 e. The molecule has 2 N–H and O–H groups in total. The molecule has 0 aliphatic carbocycles. The number of aryl methyl sites for hydroxylation is 1. The summed E-state index contributed by atoms with van der Waals surface area (Å²) in [5, 5.41) is 0.249. The van der Waals surface area contributed by atoms with Crippen molar-refractivity contribution in [1.82, 2.24) is 4.90 Å². The Morgan fingerprint density at radius 1 is 1.48 bits per heavy atom. The Hall–Kier alpha value is -1.76.